The molecule has 234 valence electrons. The lowest BCUT2D eigenvalue weighted by Gasteiger charge is -2.39. The number of rotatable bonds is 4. The second-order valence-corrected chi connectivity index (χ2v) is 14.1. The molecule has 2 heterocycles. The van der Waals surface area contributed by atoms with E-state index in [2.05, 4.69) is 188 Å². The number of benzene rings is 7. The molecule has 7 aromatic carbocycles. The minimum absolute atomic E-state index is 0.426. The largest absolute Gasteiger partial charge is 0.248 e. The van der Waals surface area contributed by atoms with Gasteiger partial charge in [-0.15, -0.1) is 0 Å². The van der Waals surface area contributed by atoms with Crippen molar-refractivity contribution < 1.29 is 0 Å². The maximum atomic E-state index is 5.50. The average Bonchev–Trinajstić information content (AvgIpc) is 3.49. The Morgan fingerprint density at radius 1 is 0.340 bits per heavy atom. The topological polar surface area (TPSA) is 12.9 Å². The van der Waals surface area contributed by atoms with Crippen molar-refractivity contribution in [3.05, 3.63) is 210 Å². The van der Waals surface area contributed by atoms with Gasteiger partial charge in [0.2, 0.25) is 0 Å². The predicted molar refractivity (Wildman–Crippen MR) is 207 cm³/mol. The lowest BCUT2D eigenvalue weighted by molar-refractivity contribution is 0.722. The summed E-state index contributed by atoms with van der Waals surface area (Å²) in [5, 5.41) is 0. The van der Waals surface area contributed by atoms with Gasteiger partial charge in [0.1, 0.15) is 0 Å². The smallest absolute Gasteiger partial charge is 0.0735 e. The van der Waals surface area contributed by atoms with Crippen LogP contribution in [0.4, 0.5) is 0 Å². The van der Waals surface area contributed by atoms with Crippen molar-refractivity contribution in [2.75, 3.05) is 0 Å². The van der Waals surface area contributed by atoms with Gasteiger partial charge in [0.05, 0.1) is 16.8 Å². The number of aromatic nitrogens is 1. The van der Waals surface area contributed by atoms with Crippen molar-refractivity contribution in [2.24, 2.45) is 0 Å². The molecule has 0 unspecified atom stereocenters. The molecule has 0 atom stereocenters. The van der Waals surface area contributed by atoms with E-state index < -0.39 is 5.41 Å². The third-order valence-electron chi connectivity index (χ3n) is 10.3. The number of fused-ring (bicyclic) bond motifs is 9. The van der Waals surface area contributed by atoms with E-state index in [-0.39, 0.29) is 0 Å². The molecule has 0 radical (unpaired) electrons. The molecule has 1 aliphatic heterocycles. The molecule has 0 fully saturated rings. The van der Waals surface area contributed by atoms with Gasteiger partial charge >= 0.3 is 0 Å². The van der Waals surface area contributed by atoms with Crippen LogP contribution in [0.1, 0.15) is 22.3 Å². The van der Waals surface area contributed by atoms with Crippen LogP contribution in [0, 0.1) is 0 Å². The molecule has 0 N–H and O–H groups in total. The molecule has 2 aliphatic rings. The third kappa shape index (κ3) is 4.39. The normalized spacial score (nSPS) is 13.3. The fourth-order valence-electron chi connectivity index (χ4n) is 8.22. The summed E-state index contributed by atoms with van der Waals surface area (Å²) >= 11 is 1.88. The van der Waals surface area contributed by atoms with Crippen LogP contribution in [0.5, 0.6) is 0 Å². The van der Waals surface area contributed by atoms with Gasteiger partial charge in [-0.3, -0.25) is 0 Å². The van der Waals surface area contributed by atoms with Crippen LogP contribution in [-0.2, 0) is 5.41 Å². The van der Waals surface area contributed by atoms with Crippen LogP contribution in [0.2, 0.25) is 0 Å². The first-order valence-electron chi connectivity index (χ1n) is 17.1. The second kappa shape index (κ2) is 11.6. The first-order valence-corrected chi connectivity index (χ1v) is 17.9. The molecule has 50 heavy (non-hydrogen) atoms. The van der Waals surface area contributed by atoms with Gasteiger partial charge < -0.3 is 0 Å². The minimum atomic E-state index is -0.426. The SMILES string of the molecule is c1ccc(-c2cccc(-c3cc(-c4ccccc4)cc(-c4cccc5c4-c4ccccc4C54c5ccccc5Sc5ccccc54)n3)c2)cc1. The van der Waals surface area contributed by atoms with E-state index in [1.807, 2.05) is 11.8 Å². The van der Waals surface area contributed by atoms with Crippen molar-refractivity contribution in [3.63, 3.8) is 0 Å². The fraction of sp³-hybridized carbons (Fsp3) is 0.0208. The summed E-state index contributed by atoms with van der Waals surface area (Å²) < 4.78 is 0. The third-order valence-corrected chi connectivity index (χ3v) is 11.5. The standard InChI is InChI=1S/C48H31NS/c1-3-15-32(16-4-1)34-19-13-20-35(29-34)43-30-36(33-17-5-2-6-18-33)31-44(49-43)38-22-14-26-42-47(38)37-21-7-8-23-39(37)48(42)40-24-9-11-27-45(40)50-46-28-12-10-25-41(46)48/h1-31H. The van der Waals surface area contributed by atoms with E-state index in [0.29, 0.717) is 0 Å². The van der Waals surface area contributed by atoms with Gasteiger partial charge in [-0.25, -0.2) is 4.98 Å². The zero-order valence-electron chi connectivity index (χ0n) is 27.3. The Labute approximate surface area is 297 Å². The summed E-state index contributed by atoms with van der Waals surface area (Å²) in [6, 6.07) is 68.4. The van der Waals surface area contributed by atoms with Crippen LogP contribution in [0.15, 0.2) is 198 Å². The van der Waals surface area contributed by atoms with Crippen molar-refractivity contribution in [2.45, 2.75) is 15.2 Å². The highest BCUT2D eigenvalue weighted by molar-refractivity contribution is 7.99. The lowest BCUT2D eigenvalue weighted by Crippen LogP contribution is -2.31. The van der Waals surface area contributed by atoms with Gasteiger partial charge in [-0.1, -0.05) is 169 Å². The van der Waals surface area contributed by atoms with Gasteiger partial charge in [-0.05, 0) is 86.0 Å². The molecule has 0 amide bonds. The van der Waals surface area contributed by atoms with Crippen LogP contribution >= 0.6 is 11.8 Å². The van der Waals surface area contributed by atoms with E-state index in [9.17, 15) is 0 Å². The molecule has 1 spiro atoms. The lowest BCUT2D eigenvalue weighted by atomic mass is 9.67. The molecule has 8 aromatic rings. The van der Waals surface area contributed by atoms with Crippen LogP contribution < -0.4 is 0 Å². The summed E-state index contributed by atoms with van der Waals surface area (Å²) in [5.74, 6) is 0. The van der Waals surface area contributed by atoms with E-state index in [1.165, 1.54) is 59.9 Å². The molecule has 1 aromatic heterocycles. The molecule has 0 saturated heterocycles. The van der Waals surface area contributed by atoms with Crippen molar-refractivity contribution in [3.8, 4) is 55.9 Å². The summed E-state index contributed by atoms with van der Waals surface area (Å²) in [7, 11) is 0. The van der Waals surface area contributed by atoms with Crippen molar-refractivity contribution in [1.29, 1.82) is 0 Å². The molecular formula is C48H31NS. The molecule has 2 heteroatoms. The summed E-state index contributed by atoms with van der Waals surface area (Å²) in [5.41, 5.74) is 16.3. The van der Waals surface area contributed by atoms with Gasteiger partial charge in [0, 0.05) is 20.9 Å². The Hall–Kier alpha value is -5.96. The Bertz CT molecular complexity index is 2520. The number of hydrogen-bond acceptors (Lipinski definition) is 2. The molecular weight excluding hydrogens is 623 g/mol. The number of pyridine rings is 1. The maximum Gasteiger partial charge on any atom is 0.0735 e. The van der Waals surface area contributed by atoms with Crippen LogP contribution in [0.25, 0.3) is 55.9 Å². The zero-order valence-corrected chi connectivity index (χ0v) is 28.1. The Morgan fingerprint density at radius 3 is 1.56 bits per heavy atom. The minimum Gasteiger partial charge on any atom is -0.248 e. The highest BCUT2D eigenvalue weighted by atomic mass is 32.2. The van der Waals surface area contributed by atoms with E-state index in [0.717, 1.165) is 28.1 Å². The summed E-state index contributed by atoms with van der Waals surface area (Å²) in [6.45, 7) is 0. The predicted octanol–water partition coefficient (Wildman–Crippen LogP) is 12.6. The van der Waals surface area contributed by atoms with Gasteiger partial charge in [0.15, 0.2) is 0 Å². The van der Waals surface area contributed by atoms with Crippen LogP contribution in [0.3, 0.4) is 0 Å². The fourth-order valence-corrected chi connectivity index (χ4v) is 9.41. The quantitative estimate of drug-likeness (QED) is 0.187. The first kappa shape index (κ1) is 29.0. The average molecular weight is 654 g/mol. The molecule has 10 rings (SSSR count). The van der Waals surface area contributed by atoms with E-state index >= 15 is 0 Å². The number of nitrogens with zero attached hydrogens (tertiary/aromatic N) is 1. The molecule has 1 aliphatic carbocycles. The van der Waals surface area contributed by atoms with Crippen LogP contribution in [-0.4, -0.2) is 4.98 Å². The Kier molecular flexibility index (Phi) is 6.72. The second-order valence-electron chi connectivity index (χ2n) is 13.1. The van der Waals surface area contributed by atoms with Gasteiger partial charge in [-0.2, -0.15) is 0 Å². The maximum absolute atomic E-state index is 5.50. The number of hydrogen-bond donors (Lipinski definition) is 0. The van der Waals surface area contributed by atoms with Crippen molar-refractivity contribution >= 4 is 11.8 Å². The van der Waals surface area contributed by atoms with Gasteiger partial charge in [0.25, 0.3) is 0 Å². The highest BCUT2D eigenvalue weighted by Gasteiger charge is 2.50. The molecule has 0 bridgehead atoms. The van der Waals surface area contributed by atoms with E-state index in [4.69, 9.17) is 4.98 Å². The van der Waals surface area contributed by atoms with E-state index in [1.54, 1.807) is 0 Å². The van der Waals surface area contributed by atoms with Crippen molar-refractivity contribution in [1.82, 2.24) is 4.98 Å². The monoisotopic (exact) mass is 653 g/mol. The Morgan fingerprint density at radius 2 is 0.840 bits per heavy atom. The zero-order chi connectivity index (χ0) is 33.1. The first-order chi connectivity index (χ1) is 24.8. The molecule has 0 saturated carbocycles. The summed E-state index contributed by atoms with van der Waals surface area (Å²) in [6.07, 6.45) is 0. The molecule has 1 nitrogen and oxygen atoms in total. The summed E-state index contributed by atoms with van der Waals surface area (Å²) in [4.78, 5) is 8.12. The Balaban J connectivity index is 1.25. The highest BCUT2D eigenvalue weighted by Crippen LogP contribution is 2.63.